The van der Waals surface area contributed by atoms with E-state index in [1.165, 1.54) is 0 Å². The Labute approximate surface area is 83.4 Å². The molecule has 1 rings (SSSR count). The van der Waals surface area contributed by atoms with E-state index in [-0.39, 0.29) is 31.1 Å². The van der Waals surface area contributed by atoms with E-state index in [0.29, 0.717) is 24.0 Å². The molecule has 0 saturated heterocycles. The van der Waals surface area contributed by atoms with Crippen LogP contribution in [0.5, 0.6) is 0 Å². The molecule has 0 amide bonds. The summed E-state index contributed by atoms with van der Waals surface area (Å²) in [6.07, 6.45) is 5.77. The SMILES string of the molecule is O=[C-]C1=C([C-]=O)CCC1.[U+2]. The summed E-state index contributed by atoms with van der Waals surface area (Å²) in [5.74, 6) is 0. The van der Waals surface area contributed by atoms with Crippen molar-refractivity contribution in [2.24, 2.45) is 0 Å². The Morgan fingerprint density at radius 1 is 1.00 bits per heavy atom. The molecule has 0 aliphatic heterocycles. The van der Waals surface area contributed by atoms with Crippen LogP contribution in [0.3, 0.4) is 0 Å². The minimum absolute atomic E-state index is 0. The maximum Gasteiger partial charge on any atom is 2.00 e. The maximum atomic E-state index is 10.0. The summed E-state index contributed by atoms with van der Waals surface area (Å²) < 4.78 is 0. The Hall–Kier alpha value is 0.132. The Kier molecular flexibility index (Phi) is 4.94. The molecule has 0 spiro atoms. The number of hydrogen-bond donors (Lipinski definition) is 0. The molecule has 0 fully saturated rings. The van der Waals surface area contributed by atoms with Gasteiger partial charge in [0.1, 0.15) is 0 Å². The molecule has 0 aromatic heterocycles. The van der Waals surface area contributed by atoms with Crippen molar-refractivity contribution in [2.45, 2.75) is 19.3 Å². The van der Waals surface area contributed by atoms with Gasteiger partial charge >= 0.3 is 31.1 Å². The van der Waals surface area contributed by atoms with E-state index in [1.54, 1.807) is 12.6 Å². The van der Waals surface area contributed by atoms with Crippen molar-refractivity contribution in [3.8, 4) is 0 Å². The standard InChI is InChI=1S/C7H6O2.U/c8-4-6-2-1-3-7(6)5-9;/h1-3H2;/q-2;+2. The monoisotopic (exact) mass is 360 g/mol. The first-order valence-corrected chi connectivity index (χ1v) is 2.87. The Bertz CT molecular complexity index is 154. The fourth-order valence-corrected chi connectivity index (χ4v) is 0.969. The summed E-state index contributed by atoms with van der Waals surface area (Å²) in [6.45, 7) is 0. The number of allylic oxidation sites excluding steroid dienone is 2. The smallest absolute Gasteiger partial charge is 0.440 e. The molecule has 0 aromatic carbocycles. The number of carbonyl (C=O) groups excluding carboxylic acids is 2. The average molecular weight is 360 g/mol. The summed E-state index contributed by atoms with van der Waals surface area (Å²) in [5.41, 5.74) is 1.04. The third-order valence-corrected chi connectivity index (χ3v) is 1.46. The van der Waals surface area contributed by atoms with Crippen LogP contribution >= 0.6 is 0 Å². The Morgan fingerprint density at radius 3 is 1.70 bits per heavy atom. The molecule has 0 heterocycles. The van der Waals surface area contributed by atoms with Gasteiger partial charge in [0.05, 0.1) is 0 Å². The summed E-state index contributed by atoms with van der Waals surface area (Å²) in [4.78, 5) is 20.0. The van der Waals surface area contributed by atoms with Crippen LogP contribution in [-0.2, 0) is 9.59 Å². The van der Waals surface area contributed by atoms with Crippen molar-refractivity contribution < 1.29 is 40.7 Å². The number of rotatable bonds is 2. The second kappa shape index (κ2) is 4.87. The van der Waals surface area contributed by atoms with Crippen molar-refractivity contribution >= 4 is 12.6 Å². The zero-order chi connectivity index (χ0) is 6.69. The minimum atomic E-state index is 0. The van der Waals surface area contributed by atoms with Gasteiger partial charge < -0.3 is 20.7 Å². The van der Waals surface area contributed by atoms with Crippen LogP contribution in [0.15, 0.2) is 11.1 Å². The first-order chi connectivity index (χ1) is 4.38. The van der Waals surface area contributed by atoms with Gasteiger partial charge in [0.25, 0.3) is 0 Å². The molecule has 0 saturated carbocycles. The van der Waals surface area contributed by atoms with Crippen LogP contribution in [0, 0.1) is 31.1 Å². The predicted molar refractivity (Wildman–Crippen MR) is 32.3 cm³/mol. The summed E-state index contributed by atoms with van der Waals surface area (Å²) in [6, 6.07) is 0. The van der Waals surface area contributed by atoms with Crippen LogP contribution in [0.2, 0.25) is 0 Å². The third kappa shape index (κ3) is 2.07. The fourth-order valence-electron chi connectivity index (χ4n) is 0.969. The van der Waals surface area contributed by atoms with E-state index >= 15 is 0 Å². The topological polar surface area (TPSA) is 34.1 Å². The second-order valence-electron chi connectivity index (χ2n) is 2.01. The first kappa shape index (κ1) is 10.1. The van der Waals surface area contributed by atoms with Crippen molar-refractivity contribution in [3.05, 3.63) is 11.1 Å². The maximum absolute atomic E-state index is 10.0. The Morgan fingerprint density at radius 2 is 1.40 bits per heavy atom. The molecule has 2 nitrogen and oxygen atoms in total. The van der Waals surface area contributed by atoms with E-state index in [4.69, 9.17) is 0 Å². The summed E-state index contributed by atoms with van der Waals surface area (Å²) in [5, 5.41) is 0. The van der Waals surface area contributed by atoms with E-state index in [2.05, 4.69) is 0 Å². The average Bonchev–Trinajstić information content (AvgIpc) is 2.33. The van der Waals surface area contributed by atoms with Crippen molar-refractivity contribution in [3.63, 3.8) is 0 Å². The van der Waals surface area contributed by atoms with Crippen molar-refractivity contribution in [1.82, 2.24) is 0 Å². The van der Waals surface area contributed by atoms with Crippen molar-refractivity contribution in [2.75, 3.05) is 0 Å². The zero-order valence-corrected chi connectivity index (χ0v) is 9.60. The van der Waals surface area contributed by atoms with E-state index in [1.807, 2.05) is 0 Å². The molecule has 0 bridgehead atoms. The van der Waals surface area contributed by atoms with Crippen molar-refractivity contribution in [1.29, 1.82) is 0 Å². The van der Waals surface area contributed by atoms with Crippen LogP contribution in [-0.4, -0.2) is 12.6 Å². The molecule has 3 heteroatoms. The van der Waals surface area contributed by atoms with Gasteiger partial charge in [0, 0.05) is 0 Å². The zero-order valence-electron chi connectivity index (χ0n) is 5.44. The third-order valence-electron chi connectivity index (χ3n) is 1.46. The first-order valence-electron chi connectivity index (χ1n) is 2.87. The molecule has 50 valence electrons. The molecule has 0 unspecified atom stereocenters. The van der Waals surface area contributed by atoms with E-state index in [0.717, 1.165) is 6.42 Å². The second-order valence-corrected chi connectivity index (χ2v) is 2.01. The quantitative estimate of drug-likeness (QED) is 0.679. The molecule has 0 aromatic rings. The molecule has 0 N–H and O–H groups in total. The molecule has 1 aliphatic rings. The van der Waals surface area contributed by atoms with Crippen LogP contribution < -0.4 is 0 Å². The van der Waals surface area contributed by atoms with Crippen LogP contribution in [0.4, 0.5) is 0 Å². The van der Waals surface area contributed by atoms with Gasteiger partial charge in [-0.1, -0.05) is 6.42 Å². The molecular formula is C7H6O2U. The molecule has 0 atom stereocenters. The molecule has 0 radical (unpaired) electrons. The van der Waals surface area contributed by atoms with E-state index in [9.17, 15) is 9.59 Å². The summed E-state index contributed by atoms with van der Waals surface area (Å²) in [7, 11) is 0. The normalized spacial score (nSPS) is 16.4. The number of hydrogen-bond acceptors (Lipinski definition) is 2. The minimum Gasteiger partial charge on any atom is -0.440 e. The summed E-state index contributed by atoms with van der Waals surface area (Å²) >= 11 is 0. The van der Waals surface area contributed by atoms with Gasteiger partial charge in [-0.3, -0.25) is 0 Å². The fraction of sp³-hybridized carbons (Fsp3) is 0.429. The predicted octanol–water partition coefficient (Wildman–Crippen LogP) is 0.686. The van der Waals surface area contributed by atoms with Gasteiger partial charge in [0.2, 0.25) is 0 Å². The molecular weight excluding hydrogens is 354 g/mol. The van der Waals surface area contributed by atoms with Gasteiger partial charge in [0.15, 0.2) is 0 Å². The Balaban J connectivity index is 0.000000810. The largest absolute Gasteiger partial charge is 2.00 e. The van der Waals surface area contributed by atoms with E-state index < -0.39 is 0 Å². The molecule has 10 heavy (non-hydrogen) atoms. The molecule has 1 aliphatic carbocycles. The van der Waals surface area contributed by atoms with Gasteiger partial charge in [-0.25, -0.2) is 0 Å². The van der Waals surface area contributed by atoms with Crippen LogP contribution in [0.25, 0.3) is 0 Å². The van der Waals surface area contributed by atoms with Gasteiger partial charge in [-0.2, -0.15) is 0 Å². The van der Waals surface area contributed by atoms with Gasteiger partial charge in [-0.15, -0.1) is 25.4 Å². The van der Waals surface area contributed by atoms with Gasteiger partial charge in [-0.05, 0) is 0 Å². The van der Waals surface area contributed by atoms with Crippen LogP contribution in [0.1, 0.15) is 19.3 Å².